The predicted molar refractivity (Wildman–Crippen MR) is 75.2 cm³/mol. The summed E-state index contributed by atoms with van der Waals surface area (Å²) in [6.07, 6.45) is 2.21. The molecule has 3 rings (SSSR count). The number of pyridine rings is 1. The number of carbonyl (C=O) groups excluding carboxylic acids is 1. The van der Waals surface area contributed by atoms with Crippen LogP contribution in [0.25, 0.3) is 16.8 Å². The molecule has 3 aromatic rings. The van der Waals surface area contributed by atoms with Gasteiger partial charge in [0.2, 0.25) is 0 Å². The fourth-order valence-electron chi connectivity index (χ4n) is 2.26. The van der Waals surface area contributed by atoms with Crippen LogP contribution in [0.5, 0.6) is 0 Å². The molecule has 0 bridgehead atoms. The quantitative estimate of drug-likeness (QED) is 0.678. The van der Waals surface area contributed by atoms with Gasteiger partial charge in [0.1, 0.15) is 11.5 Å². The van der Waals surface area contributed by atoms with Crippen molar-refractivity contribution in [2.45, 2.75) is 13.3 Å². The summed E-state index contributed by atoms with van der Waals surface area (Å²) in [5.41, 5.74) is 2.72. The van der Waals surface area contributed by atoms with Crippen LogP contribution in [0.4, 0.5) is 4.39 Å². The van der Waals surface area contributed by atoms with E-state index in [4.69, 9.17) is 0 Å². The second kappa shape index (κ2) is 4.89. The van der Waals surface area contributed by atoms with Gasteiger partial charge in [-0.25, -0.2) is 8.91 Å². The fraction of sp³-hybridized carbons (Fsp3) is 0.125. The van der Waals surface area contributed by atoms with Crippen molar-refractivity contribution < 1.29 is 9.18 Å². The second-order valence-corrected chi connectivity index (χ2v) is 4.54. The number of halogens is 1. The van der Waals surface area contributed by atoms with E-state index in [0.717, 1.165) is 11.1 Å². The average Bonchev–Trinajstić information content (AvgIpc) is 2.86. The lowest BCUT2D eigenvalue weighted by atomic mass is 10.0. The number of Topliss-reactive ketones (excluding diaryl/α,β-unsaturated/α-hetero) is 1. The molecule has 0 atom stereocenters. The van der Waals surface area contributed by atoms with Crippen LogP contribution >= 0.6 is 0 Å². The van der Waals surface area contributed by atoms with Crippen molar-refractivity contribution in [3.05, 3.63) is 60.0 Å². The van der Waals surface area contributed by atoms with Gasteiger partial charge >= 0.3 is 0 Å². The number of fused-ring (bicyclic) bond motifs is 1. The third-order valence-electron chi connectivity index (χ3n) is 3.26. The standard InChI is InChI=1S/C16H13FN2O/c1-2-14(20)15-13-5-3-4-10-19(13)18-16(15)11-6-8-12(17)9-7-11/h3-10H,2H2,1H3. The number of benzene rings is 1. The van der Waals surface area contributed by atoms with Gasteiger partial charge in [-0.3, -0.25) is 4.79 Å². The van der Waals surface area contributed by atoms with Crippen molar-refractivity contribution in [1.29, 1.82) is 0 Å². The molecule has 0 amide bonds. The molecule has 0 saturated carbocycles. The van der Waals surface area contributed by atoms with Gasteiger partial charge in [-0.2, -0.15) is 5.10 Å². The zero-order valence-corrected chi connectivity index (χ0v) is 11.0. The van der Waals surface area contributed by atoms with E-state index in [-0.39, 0.29) is 11.6 Å². The van der Waals surface area contributed by atoms with Crippen LogP contribution in [-0.4, -0.2) is 15.4 Å². The van der Waals surface area contributed by atoms with Crippen molar-refractivity contribution in [1.82, 2.24) is 9.61 Å². The Morgan fingerprint density at radius 3 is 2.65 bits per heavy atom. The van der Waals surface area contributed by atoms with Gasteiger partial charge in [-0.15, -0.1) is 0 Å². The fourth-order valence-corrected chi connectivity index (χ4v) is 2.26. The third-order valence-corrected chi connectivity index (χ3v) is 3.26. The highest BCUT2D eigenvalue weighted by Gasteiger charge is 2.19. The molecule has 2 aromatic heterocycles. The number of carbonyl (C=O) groups is 1. The molecule has 20 heavy (non-hydrogen) atoms. The molecule has 0 N–H and O–H groups in total. The molecule has 0 saturated heterocycles. The topological polar surface area (TPSA) is 34.4 Å². The molecule has 4 heteroatoms. The monoisotopic (exact) mass is 268 g/mol. The lowest BCUT2D eigenvalue weighted by Crippen LogP contribution is -1.98. The highest BCUT2D eigenvalue weighted by atomic mass is 19.1. The summed E-state index contributed by atoms with van der Waals surface area (Å²) >= 11 is 0. The van der Waals surface area contributed by atoms with Gasteiger partial charge in [0.05, 0.1) is 11.1 Å². The van der Waals surface area contributed by atoms with Crippen LogP contribution < -0.4 is 0 Å². The molecule has 0 aliphatic carbocycles. The van der Waals surface area contributed by atoms with E-state index in [9.17, 15) is 9.18 Å². The Hall–Kier alpha value is -2.49. The molecule has 1 aromatic carbocycles. The van der Waals surface area contributed by atoms with E-state index in [0.29, 0.717) is 17.7 Å². The number of rotatable bonds is 3. The first-order chi connectivity index (χ1) is 9.70. The van der Waals surface area contributed by atoms with Crippen LogP contribution in [0, 0.1) is 5.82 Å². The molecule has 0 radical (unpaired) electrons. The van der Waals surface area contributed by atoms with Crippen molar-refractivity contribution in [2.24, 2.45) is 0 Å². The SMILES string of the molecule is CCC(=O)c1c(-c2ccc(F)cc2)nn2ccccc12. The largest absolute Gasteiger partial charge is 0.294 e. The van der Waals surface area contributed by atoms with Crippen LogP contribution in [-0.2, 0) is 0 Å². The third kappa shape index (κ3) is 1.99. The smallest absolute Gasteiger partial charge is 0.167 e. The van der Waals surface area contributed by atoms with Crippen LogP contribution in [0.3, 0.4) is 0 Å². The molecule has 0 aliphatic heterocycles. The van der Waals surface area contributed by atoms with E-state index in [1.165, 1.54) is 12.1 Å². The number of aromatic nitrogens is 2. The van der Waals surface area contributed by atoms with Crippen LogP contribution in [0.1, 0.15) is 23.7 Å². The van der Waals surface area contributed by atoms with E-state index >= 15 is 0 Å². The molecule has 0 aliphatic rings. The van der Waals surface area contributed by atoms with Gasteiger partial charge in [0.15, 0.2) is 5.78 Å². The van der Waals surface area contributed by atoms with E-state index in [1.807, 2.05) is 25.1 Å². The Kier molecular flexibility index (Phi) is 3.06. The van der Waals surface area contributed by atoms with Gasteiger partial charge in [0.25, 0.3) is 0 Å². The summed E-state index contributed by atoms with van der Waals surface area (Å²) in [5, 5.41) is 4.45. The van der Waals surface area contributed by atoms with E-state index in [2.05, 4.69) is 5.10 Å². The first-order valence-electron chi connectivity index (χ1n) is 6.47. The highest BCUT2D eigenvalue weighted by Crippen LogP contribution is 2.27. The van der Waals surface area contributed by atoms with Crippen molar-refractivity contribution >= 4 is 11.3 Å². The molecule has 3 nitrogen and oxygen atoms in total. The normalized spacial score (nSPS) is 10.9. The average molecular weight is 268 g/mol. The highest BCUT2D eigenvalue weighted by molar-refractivity contribution is 6.07. The maximum absolute atomic E-state index is 13.0. The maximum Gasteiger partial charge on any atom is 0.167 e. The maximum atomic E-state index is 13.0. The Balaban J connectivity index is 2.29. The number of hydrogen-bond acceptors (Lipinski definition) is 2. The summed E-state index contributed by atoms with van der Waals surface area (Å²) in [6.45, 7) is 1.82. The Labute approximate surface area is 115 Å². The predicted octanol–water partition coefficient (Wildman–Crippen LogP) is 3.73. The first-order valence-corrected chi connectivity index (χ1v) is 6.47. The molecule has 2 heterocycles. The minimum absolute atomic E-state index is 0.0329. The number of nitrogens with zero attached hydrogens (tertiary/aromatic N) is 2. The minimum atomic E-state index is -0.305. The van der Waals surface area contributed by atoms with Crippen molar-refractivity contribution in [3.8, 4) is 11.3 Å². The van der Waals surface area contributed by atoms with Crippen LogP contribution in [0.15, 0.2) is 48.7 Å². The van der Waals surface area contributed by atoms with Crippen LogP contribution in [0.2, 0.25) is 0 Å². The van der Waals surface area contributed by atoms with Gasteiger partial charge in [-0.05, 0) is 36.4 Å². The lowest BCUT2D eigenvalue weighted by molar-refractivity contribution is 0.0990. The summed E-state index contributed by atoms with van der Waals surface area (Å²) in [6, 6.07) is 11.6. The molecule has 0 spiro atoms. The van der Waals surface area contributed by atoms with E-state index < -0.39 is 0 Å². The summed E-state index contributed by atoms with van der Waals surface area (Å²) in [5.74, 6) is -0.272. The first kappa shape index (κ1) is 12.5. The molecule has 0 fully saturated rings. The van der Waals surface area contributed by atoms with Gasteiger partial charge in [0, 0.05) is 18.2 Å². The summed E-state index contributed by atoms with van der Waals surface area (Å²) in [7, 11) is 0. The minimum Gasteiger partial charge on any atom is -0.294 e. The Bertz CT molecular complexity index is 775. The molecular weight excluding hydrogens is 255 g/mol. The number of hydrogen-bond donors (Lipinski definition) is 0. The lowest BCUT2D eigenvalue weighted by Gasteiger charge is -2.01. The number of ketones is 1. The molecular formula is C16H13FN2O. The Morgan fingerprint density at radius 1 is 1.20 bits per heavy atom. The second-order valence-electron chi connectivity index (χ2n) is 4.54. The zero-order chi connectivity index (χ0) is 14.1. The van der Waals surface area contributed by atoms with Gasteiger partial charge in [-0.1, -0.05) is 13.0 Å². The van der Waals surface area contributed by atoms with Crippen molar-refractivity contribution in [2.75, 3.05) is 0 Å². The van der Waals surface area contributed by atoms with Crippen molar-refractivity contribution in [3.63, 3.8) is 0 Å². The molecule has 100 valence electrons. The molecule has 0 unspecified atom stereocenters. The zero-order valence-electron chi connectivity index (χ0n) is 11.0. The summed E-state index contributed by atoms with van der Waals surface area (Å²) in [4.78, 5) is 12.2. The summed E-state index contributed by atoms with van der Waals surface area (Å²) < 4.78 is 14.7. The van der Waals surface area contributed by atoms with Gasteiger partial charge < -0.3 is 0 Å². The van der Waals surface area contributed by atoms with E-state index in [1.54, 1.807) is 22.8 Å². The Morgan fingerprint density at radius 2 is 1.95 bits per heavy atom.